The second kappa shape index (κ2) is 4.11. The van der Waals surface area contributed by atoms with Gasteiger partial charge in [-0.1, -0.05) is 0 Å². The number of aromatic carboxylic acids is 1. The fraction of sp³-hybridized carbons (Fsp3) is 0.143. The third-order valence-corrected chi connectivity index (χ3v) is 2.53. The molecule has 0 unspecified atom stereocenters. The predicted molar refractivity (Wildman–Crippen MR) is 48.8 cm³/mol. The largest absolute Gasteiger partial charge is 0.476 e. The van der Waals surface area contributed by atoms with Crippen LogP contribution in [0.15, 0.2) is 6.07 Å². The van der Waals surface area contributed by atoms with Crippen molar-refractivity contribution in [1.29, 1.82) is 0 Å². The molecule has 1 aromatic heterocycles. The highest BCUT2D eigenvalue weighted by atomic mass is 127. The standard InChI is InChI=1S/C7H3F3INO2/c8-3-1-2(6(9)10)4(11)5(12-3)7(13)14/h1,6H,(H,13,14). The summed E-state index contributed by atoms with van der Waals surface area (Å²) in [5.41, 5.74) is -1.35. The number of halogens is 4. The van der Waals surface area contributed by atoms with Crippen LogP contribution < -0.4 is 0 Å². The number of carboxylic acids is 1. The molecule has 0 radical (unpaired) electrons. The molecule has 0 spiro atoms. The first-order valence-corrected chi connectivity index (χ1v) is 4.38. The van der Waals surface area contributed by atoms with Gasteiger partial charge in [-0.2, -0.15) is 4.39 Å². The number of hydrogen-bond acceptors (Lipinski definition) is 2. The van der Waals surface area contributed by atoms with Crippen molar-refractivity contribution in [2.45, 2.75) is 6.43 Å². The predicted octanol–water partition coefficient (Wildman–Crippen LogP) is 2.46. The van der Waals surface area contributed by atoms with Gasteiger partial charge in [0.25, 0.3) is 6.43 Å². The van der Waals surface area contributed by atoms with E-state index in [-0.39, 0.29) is 3.57 Å². The third-order valence-electron chi connectivity index (χ3n) is 1.39. The summed E-state index contributed by atoms with van der Waals surface area (Å²) in [6.45, 7) is 0. The Balaban J connectivity index is 3.40. The van der Waals surface area contributed by atoms with Crippen molar-refractivity contribution >= 4 is 28.6 Å². The zero-order valence-corrected chi connectivity index (χ0v) is 8.63. The molecule has 1 aromatic rings. The first-order valence-electron chi connectivity index (χ1n) is 3.31. The number of carbonyl (C=O) groups is 1. The highest BCUT2D eigenvalue weighted by Crippen LogP contribution is 2.26. The maximum absolute atomic E-state index is 12.6. The Hall–Kier alpha value is -0.860. The van der Waals surface area contributed by atoms with Crippen molar-refractivity contribution < 1.29 is 23.1 Å². The molecule has 0 atom stereocenters. The van der Waals surface area contributed by atoms with Gasteiger partial charge in [0.1, 0.15) is 0 Å². The quantitative estimate of drug-likeness (QED) is 0.673. The van der Waals surface area contributed by atoms with E-state index in [0.717, 1.165) is 0 Å². The van der Waals surface area contributed by atoms with Crippen LogP contribution in [0.3, 0.4) is 0 Å². The zero-order chi connectivity index (χ0) is 10.9. The summed E-state index contributed by atoms with van der Waals surface area (Å²) in [6.07, 6.45) is -2.92. The lowest BCUT2D eigenvalue weighted by Gasteiger charge is -2.05. The molecular weight excluding hydrogens is 314 g/mol. The molecule has 14 heavy (non-hydrogen) atoms. The van der Waals surface area contributed by atoms with Crippen molar-refractivity contribution in [3.63, 3.8) is 0 Å². The van der Waals surface area contributed by atoms with E-state index >= 15 is 0 Å². The second-order valence-corrected chi connectivity index (χ2v) is 3.38. The monoisotopic (exact) mass is 317 g/mol. The van der Waals surface area contributed by atoms with Crippen LogP contribution in [0, 0.1) is 9.52 Å². The molecule has 0 saturated carbocycles. The lowest BCUT2D eigenvalue weighted by Crippen LogP contribution is -2.08. The van der Waals surface area contributed by atoms with Crippen LogP contribution in [-0.2, 0) is 0 Å². The number of alkyl halides is 2. The van der Waals surface area contributed by atoms with Crippen molar-refractivity contribution in [2.24, 2.45) is 0 Å². The molecule has 0 fully saturated rings. The molecule has 7 heteroatoms. The van der Waals surface area contributed by atoms with E-state index in [1.54, 1.807) is 0 Å². The average molecular weight is 317 g/mol. The van der Waals surface area contributed by atoms with Crippen molar-refractivity contribution in [3.05, 3.63) is 26.8 Å². The van der Waals surface area contributed by atoms with Gasteiger partial charge < -0.3 is 5.11 Å². The van der Waals surface area contributed by atoms with Gasteiger partial charge in [0, 0.05) is 11.6 Å². The fourth-order valence-electron chi connectivity index (χ4n) is 0.817. The number of rotatable bonds is 2. The Morgan fingerprint density at radius 2 is 2.14 bits per heavy atom. The van der Waals surface area contributed by atoms with Gasteiger partial charge >= 0.3 is 5.97 Å². The molecule has 1 heterocycles. The van der Waals surface area contributed by atoms with E-state index in [0.29, 0.717) is 6.07 Å². The topological polar surface area (TPSA) is 50.2 Å². The van der Waals surface area contributed by atoms with Crippen LogP contribution in [0.1, 0.15) is 22.5 Å². The third kappa shape index (κ3) is 2.14. The van der Waals surface area contributed by atoms with E-state index in [9.17, 15) is 18.0 Å². The summed E-state index contributed by atoms with van der Waals surface area (Å²) >= 11 is 1.40. The number of hydrogen-bond donors (Lipinski definition) is 1. The van der Waals surface area contributed by atoms with Crippen LogP contribution in [0.5, 0.6) is 0 Å². The summed E-state index contributed by atoms with van der Waals surface area (Å²) in [6, 6.07) is 0.527. The molecule has 0 bridgehead atoms. The average Bonchev–Trinajstić information content (AvgIpc) is 2.07. The Morgan fingerprint density at radius 3 is 2.57 bits per heavy atom. The summed E-state index contributed by atoms with van der Waals surface area (Å²) < 4.78 is 36.9. The van der Waals surface area contributed by atoms with Gasteiger partial charge in [-0.05, 0) is 22.6 Å². The maximum atomic E-state index is 12.6. The summed E-state index contributed by atoms with van der Waals surface area (Å²) in [5, 5.41) is 8.52. The van der Waals surface area contributed by atoms with Crippen molar-refractivity contribution in [1.82, 2.24) is 4.98 Å². The molecule has 0 saturated heterocycles. The minimum Gasteiger partial charge on any atom is -0.476 e. The molecule has 0 aromatic carbocycles. The van der Waals surface area contributed by atoms with Crippen LogP contribution in [-0.4, -0.2) is 16.1 Å². The summed E-state index contributed by atoms with van der Waals surface area (Å²) in [7, 11) is 0. The first-order chi connectivity index (χ1) is 6.43. The first kappa shape index (κ1) is 11.2. The van der Waals surface area contributed by atoms with E-state index in [1.165, 1.54) is 22.6 Å². The number of nitrogens with zero attached hydrogens (tertiary/aromatic N) is 1. The lowest BCUT2D eigenvalue weighted by molar-refractivity contribution is 0.0687. The lowest BCUT2D eigenvalue weighted by atomic mass is 10.2. The smallest absolute Gasteiger partial charge is 0.355 e. The highest BCUT2D eigenvalue weighted by Gasteiger charge is 2.21. The Kier molecular flexibility index (Phi) is 3.29. The molecule has 76 valence electrons. The highest BCUT2D eigenvalue weighted by molar-refractivity contribution is 14.1. The van der Waals surface area contributed by atoms with Crippen molar-refractivity contribution in [3.8, 4) is 0 Å². The number of carboxylic acid groups (broad SMARTS) is 1. The second-order valence-electron chi connectivity index (χ2n) is 2.30. The van der Waals surface area contributed by atoms with Gasteiger partial charge in [0.05, 0.1) is 3.57 Å². The van der Waals surface area contributed by atoms with Crippen LogP contribution in [0.25, 0.3) is 0 Å². The molecule has 0 aliphatic heterocycles. The summed E-state index contributed by atoms with van der Waals surface area (Å²) in [5.74, 6) is -2.76. The van der Waals surface area contributed by atoms with Gasteiger partial charge in [-0.15, -0.1) is 0 Å². The molecule has 0 amide bonds. The van der Waals surface area contributed by atoms with Gasteiger partial charge in [-0.3, -0.25) is 0 Å². The van der Waals surface area contributed by atoms with E-state index in [4.69, 9.17) is 5.11 Å². The van der Waals surface area contributed by atoms with Gasteiger partial charge in [0.2, 0.25) is 5.95 Å². The minimum absolute atomic E-state index is 0.244. The number of aromatic nitrogens is 1. The van der Waals surface area contributed by atoms with E-state index in [1.807, 2.05) is 0 Å². The van der Waals surface area contributed by atoms with Crippen LogP contribution >= 0.6 is 22.6 Å². The SMILES string of the molecule is O=C(O)c1nc(F)cc(C(F)F)c1I. The molecule has 1 rings (SSSR count). The molecule has 3 nitrogen and oxygen atoms in total. The maximum Gasteiger partial charge on any atom is 0.355 e. The van der Waals surface area contributed by atoms with Crippen LogP contribution in [0.4, 0.5) is 13.2 Å². The Morgan fingerprint density at radius 1 is 1.57 bits per heavy atom. The van der Waals surface area contributed by atoms with E-state index in [2.05, 4.69) is 4.98 Å². The zero-order valence-electron chi connectivity index (χ0n) is 6.47. The molecule has 0 aliphatic carbocycles. The van der Waals surface area contributed by atoms with Gasteiger partial charge in [-0.25, -0.2) is 18.6 Å². The number of pyridine rings is 1. The molecule has 0 aliphatic rings. The molecule has 1 N–H and O–H groups in total. The Bertz CT molecular complexity index is 383. The van der Waals surface area contributed by atoms with E-state index < -0.39 is 29.6 Å². The van der Waals surface area contributed by atoms with Crippen molar-refractivity contribution in [2.75, 3.05) is 0 Å². The van der Waals surface area contributed by atoms with Crippen LogP contribution in [0.2, 0.25) is 0 Å². The Labute approximate surface area is 90.1 Å². The van der Waals surface area contributed by atoms with Gasteiger partial charge in [0.15, 0.2) is 5.69 Å². The fourth-order valence-corrected chi connectivity index (χ4v) is 1.56. The normalized spacial score (nSPS) is 10.6. The molecular formula is C7H3F3INO2. The summed E-state index contributed by atoms with van der Waals surface area (Å²) in [4.78, 5) is 13.5. The minimum atomic E-state index is -2.92.